The summed E-state index contributed by atoms with van der Waals surface area (Å²) in [5.74, 6) is 1.22. The van der Waals surface area contributed by atoms with Crippen molar-refractivity contribution in [2.75, 3.05) is 13.1 Å². The Kier molecular flexibility index (Phi) is 6.49. The van der Waals surface area contributed by atoms with Crippen LogP contribution in [-0.4, -0.2) is 36.0 Å². The third kappa shape index (κ3) is 4.61. The Morgan fingerprint density at radius 2 is 2.10 bits per heavy atom. The number of nitrogens with two attached hydrogens (primary N) is 1. The Balaban J connectivity index is 0.00000220. The van der Waals surface area contributed by atoms with Gasteiger partial charge in [0, 0.05) is 19.1 Å². The second-order valence-corrected chi connectivity index (χ2v) is 5.82. The molecule has 0 aliphatic carbocycles. The van der Waals surface area contributed by atoms with Gasteiger partial charge in [-0.25, -0.2) is 0 Å². The lowest BCUT2D eigenvalue weighted by atomic mass is 10.0. The summed E-state index contributed by atoms with van der Waals surface area (Å²) >= 11 is 0. The van der Waals surface area contributed by atoms with Gasteiger partial charge in [0.15, 0.2) is 6.10 Å². The maximum atomic E-state index is 12.3. The number of carbonyl (C=O) groups excluding carboxylic acids is 1. The molecular weight excluding hydrogens is 288 g/mol. The Morgan fingerprint density at radius 1 is 1.38 bits per heavy atom. The van der Waals surface area contributed by atoms with E-state index in [0.717, 1.165) is 18.7 Å². The van der Waals surface area contributed by atoms with Gasteiger partial charge < -0.3 is 15.4 Å². The molecule has 0 saturated carbocycles. The molecule has 1 heterocycles. The maximum Gasteiger partial charge on any atom is 0.263 e. The van der Waals surface area contributed by atoms with Crippen molar-refractivity contribution in [3.8, 4) is 5.75 Å². The molecule has 1 unspecified atom stereocenters. The highest BCUT2D eigenvalue weighted by atomic mass is 35.5. The first-order valence-corrected chi connectivity index (χ1v) is 7.28. The molecule has 1 saturated heterocycles. The number of halogens is 1. The van der Waals surface area contributed by atoms with Crippen LogP contribution in [0.3, 0.4) is 0 Å². The predicted molar refractivity (Wildman–Crippen MR) is 87.0 cm³/mol. The van der Waals surface area contributed by atoms with E-state index >= 15 is 0 Å². The van der Waals surface area contributed by atoms with Crippen LogP contribution in [0.15, 0.2) is 24.3 Å². The lowest BCUT2D eigenvalue weighted by Crippen LogP contribution is -2.40. The van der Waals surface area contributed by atoms with Crippen LogP contribution in [0.4, 0.5) is 0 Å². The van der Waals surface area contributed by atoms with Crippen LogP contribution in [0, 0.1) is 0 Å². The molecule has 2 rings (SSSR count). The highest BCUT2D eigenvalue weighted by Crippen LogP contribution is 2.21. The van der Waals surface area contributed by atoms with Crippen LogP contribution in [0.25, 0.3) is 0 Å². The number of likely N-dealkylation sites (tertiary alicyclic amines) is 1. The van der Waals surface area contributed by atoms with Gasteiger partial charge in [0.25, 0.3) is 5.91 Å². The monoisotopic (exact) mass is 312 g/mol. The van der Waals surface area contributed by atoms with Gasteiger partial charge in [0.1, 0.15) is 5.75 Å². The molecule has 0 spiro atoms. The number of hydrogen-bond acceptors (Lipinski definition) is 3. The Bertz CT molecular complexity index is 479. The molecule has 1 aromatic rings. The van der Waals surface area contributed by atoms with Crippen molar-refractivity contribution in [2.45, 2.75) is 45.3 Å². The highest BCUT2D eigenvalue weighted by Gasteiger charge is 2.28. The standard InChI is InChI=1S/C16H24N2O2.ClH/c1-11(2)13-5-4-6-15(9-13)20-12(3)16(19)18-8-7-14(17)10-18;/h4-6,9,11-12,14H,7-8,10,17H2,1-3H3;1H/t12?,14-;/m1./s1. The second kappa shape index (κ2) is 7.66. The SMILES string of the molecule is CC(Oc1cccc(C(C)C)c1)C(=O)N1CC[C@@H](N)C1.Cl. The van der Waals surface area contributed by atoms with Crippen LogP contribution in [0.2, 0.25) is 0 Å². The topological polar surface area (TPSA) is 55.6 Å². The summed E-state index contributed by atoms with van der Waals surface area (Å²) in [6, 6.07) is 8.04. The molecule has 2 N–H and O–H groups in total. The zero-order valence-corrected chi connectivity index (χ0v) is 13.7. The summed E-state index contributed by atoms with van der Waals surface area (Å²) < 4.78 is 5.78. The van der Waals surface area contributed by atoms with Gasteiger partial charge in [-0.05, 0) is 37.0 Å². The van der Waals surface area contributed by atoms with Crippen molar-refractivity contribution < 1.29 is 9.53 Å². The van der Waals surface area contributed by atoms with Gasteiger partial charge >= 0.3 is 0 Å². The zero-order chi connectivity index (χ0) is 14.7. The molecular formula is C16H25ClN2O2. The summed E-state index contributed by atoms with van der Waals surface area (Å²) in [6.45, 7) is 7.45. The number of benzene rings is 1. The molecule has 1 amide bonds. The third-order valence-corrected chi connectivity index (χ3v) is 3.72. The number of carbonyl (C=O) groups is 1. The van der Waals surface area contributed by atoms with E-state index in [1.54, 1.807) is 11.8 Å². The molecule has 1 aliphatic rings. The van der Waals surface area contributed by atoms with E-state index in [4.69, 9.17) is 10.5 Å². The van der Waals surface area contributed by atoms with Crippen LogP contribution in [0.5, 0.6) is 5.75 Å². The first-order valence-electron chi connectivity index (χ1n) is 7.28. The third-order valence-electron chi connectivity index (χ3n) is 3.72. The van der Waals surface area contributed by atoms with Crippen molar-refractivity contribution in [3.05, 3.63) is 29.8 Å². The fourth-order valence-electron chi connectivity index (χ4n) is 2.45. The van der Waals surface area contributed by atoms with Gasteiger partial charge in [-0.1, -0.05) is 26.0 Å². The minimum atomic E-state index is -0.470. The maximum absolute atomic E-state index is 12.3. The van der Waals surface area contributed by atoms with E-state index in [9.17, 15) is 4.79 Å². The average molecular weight is 313 g/mol. The van der Waals surface area contributed by atoms with E-state index in [0.29, 0.717) is 12.5 Å². The van der Waals surface area contributed by atoms with E-state index in [-0.39, 0.29) is 24.4 Å². The molecule has 2 atom stereocenters. The lowest BCUT2D eigenvalue weighted by Gasteiger charge is -2.22. The summed E-state index contributed by atoms with van der Waals surface area (Å²) in [5, 5.41) is 0. The largest absolute Gasteiger partial charge is 0.481 e. The van der Waals surface area contributed by atoms with Gasteiger partial charge in [-0.15, -0.1) is 12.4 Å². The first-order chi connectivity index (χ1) is 9.47. The normalized spacial score (nSPS) is 19.3. The van der Waals surface area contributed by atoms with Gasteiger partial charge in [0.2, 0.25) is 0 Å². The fraction of sp³-hybridized carbons (Fsp3) is 0.562. The smallest absolute Gasteiger partial charge is 0.263 e. The fourth-order valence-corrected chi connectivity index (χ4v) is 2.45. The van der Waals surface area contributed by atoms with Crippen molar-refractivity contribution >= 4 is 18.3 Å². The molecule has 0 bridgehead atoms. The van der Waals surface area contributed by atoms with Crippen LogP contribution < -0.4 is 10.5 Å². The number of amides is 1. The number of rotatable bonds is 4. The zero-order valence-electron chi connectivity index (χ0n) is 12.9. The Hall–Kier alpha value is -1.26. The molecule has 118 valence electrons. The van der Waals surface area contributed by atoms with E-state index in [2.05, 4.69) is 19.9 Å². The van der Waals surface area contributed by atoms with Crippen LogP contribution in [-0.2, 0) is 4.79 Å². The van der Waals surface area contributed by atoms with Crippen molar-refractivity contribution in [2.24, 2.45) is 5.73 Å². The van der Waals surface area contributed by atoms with Gasteiger partial charge in [-0.2, -0.15) is 0 Å². The average Bonchev–Trinajstić information content (AvgIpc) is 2.84. The number of ether oxygens (including phenoxy) is 1. The first kappa shape index (κ1) is 17.8. The summed E-state index contributed by atoms with van der Waals surface area (Å²) in [7, 11) is 0. The van der Waals surface area contributed by atoms with Crippen molar-refractivity contribution in [1.29, 1.82) is 0 Å². The van der Waals surface area contributed by atoms with E-state index in [1.807, 2.05) is 18.2 Å². The predicted octanol–water partition coefficient (Wildman–Crippen LogP) is 2.56. The molecule has 1 fully saturated rings. The lowest BCUT2D eigenvalue weighted by molar-refractivity contribution is -0.136. The Labute approximate surface area is 133 Å². The van der Waals surface area contributed by atoms with Gasteiger partial charge in [0.05, 0.1) is 0 Å². The van der Waals surface area contributed by atoms with E-state index in [1.165, 1.54) is 5.56 Å². The minimum absolute atomic E-state index is 0. The molecule has 21 heavy (non-hydrogen) atoms. The quantitative estimate of drug-likeness (QED) is 0.929. The number of hydrogen-bond donors (Lipinski definition) is 1. The summed E-state index contributed by atoms with van der Waals surface area (Å²) in [4.78, 5) is 14.1. The highest BCUT2D eigenvalue weighted by molar-refractivity contribution is 5.85. The second-order valence-electron chi connectivity index (χ2n) is 5.82. The Morgan fingerprint density at radius 3 is 2.67 bits per heavy atom. The summed E-state index contributed by atoms with van der Waals surface area (Å²) in [5.41, 5.74) is 7.05. The minimum Gasteiger partial charge on any atom is -0.481 e. The van der Waals surface area contributed by atoms with E-state index < -0.39 is 6.10 Å². The van der Waals surface area contributed by atoms with Crippen molar-refractivity contribution in [1.82, 2.24) is 4.90 Å². The van der Waals surface area contributed by atoms with Crippen LogP contribution in [0.1, 0.15) is 38.7 Å². The van der Waals surface area contributed by atoms with Crippen LogP contribution >= 0.6 is 12.4 Å². The molecule has 5 heteroatoms. The molecule has 4 nitrogen and oxygen atoms in total. The summed E-state index contributed by atoms with van der Waals surface area (Å²) in [6.07, 6.45) is 0.407. The van der Waals surface area contributed by atoms with Gasteiger partial charge in [-0.3, -0.25) is 4.79 Å². The molecule has 1 aromatic carbocycles. The molecule has 1 aliphatic heterocycles. The molecule has 0 aromatic heterocycles. The molecule has 0 radical (unpaired) electrons. The van der Waals surface area contributed by atoms with Crippen molar-refractivity contribution in [3.63, 3.8) is 0 Å². The number of nitrogens with zero attached hydrogens (tertiary/aromatic N) is 1.